The van der Waals surface area contributed by atoms with Crippen LogP contribution in [0.5, 0.6) is 0 Å². The zero-order valence-corrected chi connectivity index (χ0v) is 25.5. The fraction of sp³-hybridized carbons (Fsp3) is 0.879. The molecule has 6 heteroatoms. The molecule has 0 aliphatic carbocycles. The molecule has 2 unspecified atom stereocenters. The Balaban J connectivity index is 1.91. The monoisotopic (exact) mass is 552 g/mol. The molecule has 1 N–H and O–H groups in total. The zero-order valence-electron chi connectivity index (χ0n) is 25.5. The summed E-state index contributed by atoms with van der Waals surface area (Å²) >= 11 is 0. The molecule has 1 saturated heterocycles. The molecule has 0 saturated carbocycles. The third kappa shape index (κ3) is 22.0. The van der Waals surface area contributed by atoms with Crippen molar-refractivity contribution in [3.8, 4) is 0 Å². The summed E-state index contributed by atoms with van der Waals surface area (Å²) in [5.41, 5.74) is 0. The minimum atomic E-state index is -0.774. The van der Waals surface area contributed by atoms with Gasteiger partial charge >= 0.3 is 11.9 Å². The highest BCUT2D eigenvalue weighted by atomic mass is 16.6. The van der Waals surface area contributed by atoms with Crippen molar-refractivity contribution >= 4 is 11.9 Å². The number of carbonyl (C=O) groups is 2. The molecule has 1 fully saturated rings. The Morgan fingerprint density at radius 1 is 0.795 bits per heavy atom. The highest BCUT2D eigenvalue weighted by Gasteiger charge is 2.36. The summed E-state index contributed by atoms with van der Waals surface area (Å²) in [4.78, 5) is 24.0. The summed E-state index contributed by atoms with van der Waals surface area (Å²) < 4.78 is 16.2. The minimum Gasteiger partial charge on any atom is -0.462 e. The molecule has 1 aliphatic rings. The first-order chi connectivity index (χ1) is 19.0. The molecule has 39 heavy (non-hydrogen) atoms. The predicted octanol–water partition coefficient (Wildman–Crippen LogP) is 8.24. The first kappa shape index (κ1) is 35.6. The number of esters is 2. The molecule has 3 atom stereocenters. The Kier molecular flexibility index (Phi) is 22.3. The van der Waals surface area contributed by atoms with Crippen molar-refractivity contribution in [3.63, 3.8) is 0 Å². The molecule has 0 bridgehead atoms. The number of carbonyl (C=O) groups excluding carboxylic acids is 2. The van der Waals surface area contributed by atoms with Gasteiger partial charge in [0.05, 0.1) is 18.8 Å². The largest absolute Gasteiger partial charge is 0.462 e. The van der Waals surface area contributed by atoms with Gasteiger partial charge in [-0.15, -0.1) is 0 Å². The number of epoxide rings is 1. The second kappa shape index (κ2) is 24.4. The minimum absolute atomic E-state index is 0.0748. The summed E-state index contributed by atoms with van der Waals surface area (Å²) in [6, 6.07) is 0. The van der Waals surface area contributed by atoms with E-state index in [0.29, 0.717) is 25.0 Å². The summed E-state index contributed by atoms with van der Waals surface area (Å²) in [7, 11) is 0. The van der Waals surface area contributed by atoms with E-state index in [1.165, 1.54) is 64.2 Å². The van der Waals surface area contributed by atoms with Gasteiger partial charge < -0.3 is 19.3 Å². The van der Waals surface area contributed by atoms with Gasteiger partial charge in [-0.1, -0.05) is 110 Å². The number of rotatable bonds is 27. The molecule has 0 aromatic carbocycles. The van der Waals surface area contributed by atoms with Crippen LogP contribution in [0.3, 0.4) is 0 Å². The van der Waals surface area contributed by atoms with Gasteiger partial charge in [0.15, 0.2) is 6.10 Å². The van der Waals surface area contributed by atoms with E-state index in [2.05, 4.69) is 32.9 Å². The molecule has 1 heterocycles. The van der Waals surface area contributed by atoms with E-state index in [9.17, 15) is 14.7 Å². The Morgan fingerprint density at radius 3 is 2.10 bits per heavy atom. The van der Waals surface area contributed by atoms with Crippen LogP contribution in [0.1, 0.15) is 149 Å². The lowest BCUT2D eigenvalue weighted by molar-refractivity contribution is -0.161. The van der Waals surface area contributed by atoms with E-state index < -0.39 is 6.10 Å². The van der Waals surface area contributed by atoms with Crippen molar-refractivity contribution in [1.29, 1.82) is 0 Å². The van der Waals surface area contributed by atoms with E-state index in [0.717, 1.165) is 57.3 Å². The summed E-state index contributed by atoms with van der Waals surface area (Å²) in [5, 5.41) is 9.47. The van der Waals surface area contributed by atoms with Crippen molar-refractivity contribution in [2.75, 3.05) is 13.2 Å². The molecule has 1 rings (SSSR count). The lowest BCUT2D eigenvalue weighted by atomic mass is 10.0. The third-order valence-electron chi connectivity index (χ3n) is 7.41. The first-order valence-electron chi connectivity index (χ1n) is 16.2. The maximum absolute atomic E-state index is 12.0. The van der Waals surface area contributed by atoms with Gasteiger partial charge in [0.25, 0.3) is 0 Å². The van der Waals surface area contributed by atoms with Gasteiger partial charge in [-0.3, -0.25) is 9.59 Å². The van der Waals surface area contributed by atoms with Crippen LogP contribution in [0.2, 0.25) is 0 Å². The van der Waals surface area contributed by atoms with Crippen LogP contribution in [0.25, 0.3) is 0 Å². The number of hydrogen-bond acceptors (Lipinski definition) is 6. The fourth-order valence-electron chi connectivity index (χ4n) is 4.80. The third-order valence-corrected chi connectivity index (χ3v) is 7.41. The van der Waals surface area contributed by atoms with Crippen molar-refractivity contribution in [2.45, 2.75) is 167 Å². The van der Waals surface area contributed by atoms with Gasteiger partial charge in [0.2, 0.25) is 0 Å². The summed E-state index contributed by atoms with van der Waals surface area (Å²) in [6.07, 6.45) is 25.9. The number of aliphatic hydroxyl groups excluding tert-OH is 1. The van der Waals surface area contributed by atoms with Crippen LogP contribution < -0.4 is 0 Å². The maximum atomic E-state index is 12.0. The van der Waals surface area contributed by atoms with Crippen LogP contribution in [0.15, 0.2) is 12.2 Å². The molecule has 1 aliphatic heterocycles. The highest BCUT2D eigenvalue weighted by Crippen LogP contribution is 2.30. The van der Waals surface area contributed by atoms with E-state index in [-0.39, 0.29) is 25.2 Å². The zero-order chi connectivity index (χ0) is 28.6. The molecule has 0 amide bonds. The van der Waals surface area contributed by atoms with Crippen LogP contribution in [0.4, 0.5) is 0 Å². The molecule has 228 valence electrons. The van der Waals surface area contributed by atoms with Gasteiger partial charge in [0.1, 0.15) is 6.61 Å². The molecule has 0 aromatic rings. The SMILES string of the molecule is CCCCCC1OC1C/C=C\CCCCCCCC(=O)OC[C@H](CO)OC(=O)CCCCCCCCC(C)C. The lowest BCUT2D eigenvalue weighted by Crippen LogP contribution is -2.28. The standard InChI is InChI=1S/C33H60O6/c1-4-5-16-22-30-31(39-30)23-18-13-8-6-7-9-14-19-24-32(35)37-27-29(26-34)38-33(36)25-20-15-11-10-12-17-21-28(2)3/h13,18,28-31,34H,4-12,14-17,19-27H2,1-3H3/b18-13-/t29-,30?,31?/m0/s1. The van der Waals surface area contributed by atoms with Crippen LogP contribution in [-0.4, -0.2) is 48.6 Å². The highest BCUT2D eigenvalue weighted by molar-refractivity contribution is 5.70. The van der Waals surface area contributed by atoms with E-state index >= 15 is 0 Å². The van der Waals surface area contributed by atoms with Crippen molar-refractivity contribution < 1.29 is 28.9 Å². The van der Waals surface area contributed by atoms with Crippen molar-refractivity contribution in [2.24, 2.45) is 5.92 Å². The van der Waals surface area contributed by atoms with Gasteiger partial charge in [-0.05, 0) is 44.4 Å². The molecular weight excluding hydrogens is 492 g/mol. The molecular formula is C33H60O6. The second-order valence-electron chi connectivity index (χ2n) is 11.8. The van der Waals surface area contributed by atoms with Gasteiger partial charge in [-0.25, -0.2) is 0 Å². The number of aliphatic hydroxyl groups is 1. The summed E-state index contributed by atoms with van der Waals surface area (Å²) in [5.74, 6) is 0.153. The van der Waals surface area contributed by atoms with Crippen molar-refractivity contribution in [1.82, 2.24) is 0 Å². The predicted molar refractivity (Wildman–Crippen MR) is 159 cm³/mol. The maximum Gasteiger partial charge on any atom is 0.306 e. The molecule has 0 aromatic heterocycles. The second-order valence-corrected chi connectivity index (χ2v) is 11.8. The fourth-order valence-corrected chi connectivity index (χ4v) is 4.80. The average Bonchev–Trinajstić information content (AvgIpc) is 3.66. The number of unbranched alkanes of at least 4 members (excludes halogenated alkanes) is 12. The first-order valence-corrected chi connectivity index (χ1v) is 16.2. The van der Waals surface area contributed by atoms with E-state index in [1.54, 1.807) is 0 Å². The normalized spacial score (nSPS) is 17.6. The molecule has 6 nitrogen and oxygen atoms in total. The smallest absolute Gasteiger partial charge is 0.306 e. The van der Waals surface area contributed by atoms with Gasteiger partial charge in [0, 0.05) is 12.8 Å². The molecule has 0 spiro atoms. The van der Waals surface area contributed by atoms with Crippen LogP contribution in [-0.2, 0) is 23.8 Å². The Morgan fingerprint density at radius 2 is 1.44 bits per heavy atom. The van der Waals surface area contributed by atoms with Gasteiger partial charge in [-0.2, -0.15) is 0 Å². The number of allylic oxidation sites excluding steroid dienone is 1. The summed E-state index contributed by atoms with van der Waals surface area (Å²) in [6.45, 7) is 6.33. The van der Waals surface area contributed by atoms with Crippen LogP contribution >= 0.6 is 0 Å². The van der Waals surface area contributed by atoms with E-state index in [4.69, 9.17) is 14.2 Å². The number of hydrogen-bond donors (Lipinski definition) is 1. The van der Waals surface area contributed by atoms with Crippen LogP contribution in [0, 0.1) is 5.92 Å². The Bertz CT molecular complexity index is 632. The van der Waals surface area contributed by atoms with E-state index in [1.807, 2.05) is 0 Å². The quantitative estimate of drug-likeness (QED) is 0.0478. The van der Waals surface area contributed by atoms with Crippen molar-refractivity contribution in [3.05, 3.63) is 12.2 Å². The molecule has 0 radical (unpaired) electrons. The Hall–Kier alpha value is -1.40. The average molecular weight is 553 g/mol. The topological polar surface area (TPSA) is 85.4 Å². The Labute approximate surface area is 239 Å². The lowest BCUT2D eigenvalue weighted by Gasteiger charge is -2.15. The number of ether oxygens (including phenoxy) is 3.